The SMILES string of the molecule is CCCn1cc(Oc2ccc(C(=N)N)c(Br)c2)cn1. The first-order valence-electron chi connectivity index (χ1n) is 5.94. The van der Waals surface area contributed by atoms with Crippen molar-refractivity contribution in [2.45, 2.75) is 19.9 Å². The molecule has 0 bridgehead atoms. The van der Waals surface area contributed by atoms with Crippen molar-refractivity contribution in [1.29, 1.82) is 5.41 Å². The minimum absolute atomic E-state index is 0.0224. The number of aromatic nitrogens is 2. The molecule has 1 heterocycles. The van der Waals surface area contributed by atoms with Crippen LogP contribution < -0.4 is 10.5 Å². The number of benzene rings is 1. The van der Waals surface area contributed by atoms with Crippen molar-refractivity contribution < 1.29 is 4.74 Å². The number of hydrogen-bond donors (Lipinski definition) is 2. The number of hydrogen-bond acceptors (Lipinski definition) is 3. The Balaban J connectivity index is 2.14. The summed E-state index contributed by atoms with van der Waals surface area (Å²) in [6.07, 6.45) is 4.57. The molecule has 1 aromatic heterocycles. The molecule has 0 saturated carbocycles. The highest BCUT2D eigenvalue weighted by atomic mass is 79.9. The summed E-state index contributed by atoms with van der Waals surface area (Å²) in [5.41, 5.74) is 6.10. The van der Waals surface area contributed by atoms with Crippen LogP contribution in [0.5, 0.6) is 11.5 Å². The molecule has 0 spiro atoms. The van der Waals surface area contributed by atoms with Crippen LogP contribution in [0.2, 0.25) is 0 Å². The first-order valence-corrected chi connectivity index (χ1v) is 6.73. The Morgan fingerprint density at radius 2 is 2.26 bits per heavy atom. The minimum atomic E-state index is 0.0224. The van der Waals surface area contributed by atoms with E-state index in [4.69, 9.17) is 15.9 Å². The maximum absolute atomic E-state index is 7.41. The van der Waals surface area contributed by atoms with Gasteiger partial charge in [0.25, 0.3) is 0 Å². The normalized spacial score (nSPS) is 10.4. The Bertz CT molecular complexity index is 594. The lowest BCUT2D eigenvalue weighted by Crippen LogP contribution is -2.11. The number of nitrogens with two attached hydrogens (primary N) is 1. The summed E-state index contributed by atoms with van der Waals surface area (Å²) in [4.78, 5) is 0. The topological polar surface area (TPSA) is 76.9 Å². The van der Waals surface area contributed by atoms with E-state index in [-0.39, 0.29) is 5.84 Å². The molecule has 0 aliphatic carbocycles. The van der Waals surface area contributed by atoms with Crippen LogP contribution >= 0.6 is 15.9 Å². The smallest absolute Gasteiger partial charge is 0.165 e. The van der Waals surface area contributed by atoms with E-state index in [1.165, 1.54) is 0 Å². The molecule has 0 aliphatic heterocycles. The molecule has 19 heavy (non-hydrogen) atoms. The van der Waals surface area contributed by atoms with Gasteiger partial charge in [-0.15, -0.1) is 0 Å². The Hall–Kier alpha value is -1.82. The highest BCUT2D eigenvalue weighted by Crippen LogP contribution is 2.26. The lowest BCUT2D eigenvalue weighted by Gasteiger charge is -2.06. The van der Waals surface area contributed by atoms with Gasteiger partial charge in [0.15, 0.2) is 5.75 Å². The molecule has 2 aromatic rings. The fourth-order valence-corrected chi connectivity index (χ4v) is 2.23. The van der Waals surface area contributed by atoms with Gasteiger partial charge in [-0.2, -0.15) is 5.10 Å². The van der Waals surface area contributed by atoms with Gasteiger partial charge < -0.3 is 10.5 Å². The average Bonchev–Trinajstić information content (AvgIpc) is 2.76. The molecule has 100 valence electrons. The van der Waals surface area contributed by atoms with Crippen molar-refractivity contribution in [2.75, 3.05) is 0 Å². The largest absolute Gasteiger partial charge is 0.454 e. The van der Waals surface area contributed by atoms with Crippen LogP contribution in [0.15, 0.2) is 35.1 Å². The first-order chi connectivity index (χ1) is 9.10. The number of nitrogens with zero attached hydrogens (tertiary/aromatic N) is 2. The minimum Gasteiger partial charge on any atom is -0.454 e. The van der Waals surface area contributed by atoms with E-state index in [2.05, 4.69) is 28.0 Å². The van der Waals surface area contributed by atoms with Gasteiger partial charge in [-0.1, -0.05) is 6.92 Å². The summed E-state index contributed by atoms with van der Waals surface area (Å²) in [6.45, 7) is 2.97. The summed E-state index contributed by atoms with van der Waals surface area (Å²) >= 11 is 3.37. The Morgan fingerprint density at radius 1 is 1.47 bits per heavy atom. The van der Waals surface area contributed by atoms with Crippen LogP contribution in [0, 0.1) is 5.41 Å². The van der Waals surface area contributed by atoms with Gasteiger partial charge in [0.05, 0.1) is 12.4 Å². The van der Waals surface area contributed by atoms with Crippen LogP contribution in [0.4, 0.5) is 0 Å². The van der Waals surface area contributed by atoms with Crippen LogP contribution in [-0.4, -0.2) is 15.6 Å². The van der Waals surface area contributed by atoms with Gasteiger partial charge in [0.1, 0.15) is 11.6 Å². The van der Waals surface area contributed by atoms with Gasteiger partial charge in [0.2, 0.25) is 0 Å². The van der Waals surface area contributed by atoms with Crippen molar-refractivity contribution in [3.8, 4) is 11.5 Å². The molecule has 5 nitrogen and oxygen atoms in total. The molecule has 2 rings (SSSR count). The lowest BCUT2D eigenvalue weighted by atomic mass is 10.2. The van der Waals surface area contributed by atoms with Crippen LogP contribution in [0.1, 0.15) is 18.9 Å². The molecule has 0 saturated heterocycles. The average molecular weight is 323 g/mol. The second-order valence-corrected chi connectivity index (χ2v) is 4.95. The van der Waals surface area contributed by atoms with E-state index in [0.29, 0.717) is 17.1 Å². The van der Waals surface area contributed by atoms with Crippen molar-refractivity contribution in [3.63, 3.8) is 0 Å². The monoisotopic (exact) mass is 322 g/mol. The number of rotatable bonds is 5. The molecule has 0 unspecified atom stereocenters. The Labute approximate surface area is 120 Å². The number of nitrogens with one attached hydrogen (secondary N) is 1. The molecule has 0 fully saturated rings. The van der Waals surface area contributed by atoms with Gasteiger partial charge >= 0.3 is 0 Å². The molecular weight excluding hydrogens is 308 g/mol. The van der Waals surface area contributed by atoms with Crippen LogP contribution in [0.25, 0.3) is 0 Å². The molecule has 0 atom stereocenters. The fourth-order valence-electron chi connectivity index (χ4n) is 1.66. The lowest BCUT2D eigenvalue weighted by molar-refractivity contribution is 0.480. The van der Waals surface area contributed by atoms with Crippen molar-refractivity contribution >= 4 is 21.8 Å². The van der Waals surface area contributed by atoms with Crippen molar-refractivity contribution in [3.05, 3.63) is 40.6 Å². The van der Waals surface area contributed by atoms with Crippen molar-refractivity contribution in [1.82, 2.24) is 9.78 Å². The molecular formula is C13H15BrN4O. The van der Waals surface area contributed by atoms with E-state index in [9.17, 15) is 0 Å². The summed E-state index contributed by atoms with van der Waals surface area (Å²) in [5.74, 6) is 1.39. The zero-order valence-corrected chi connectivity index (χ0v) is 12.1. The Kier molecular flexibility index (Phi) is 4.21. The predicted molar refractivity (Wildman–Crippen MR) is 77.8 cm³/mol. The number of nitrogen functional groups attached to an aromatic ring is 1. The third-order valence-corrected chi connectivity index (χ3v) is 3.18. The van der Waals surface area contributed by atoms with Gasteiger partial charge in [0, 0.05) is 16.6 Å². The highest BCUT2D eigenvalue weighted by Gasteiger charge is 2.06. The first kappa shape index (κ1) is 13.6. The summed E-state index contributed by atoms with van der Waals surface area (Å²) in [5, 5.41) is 11.6. The molecule has 0 amide bonds. The Morgan fingerprint density at radius 3 is 2.89 bits per heavy atom. The standard InChI is InChI=1S/C13H15BrN4O/c1-2-5-18-8-10(7-17-18)19-9-3-4-11(13(15)16)12(14)6-9/h3-4,6-8H,2,5H2,1H3,(H3,15,16). The summed E-state index contributed by atoms with van der Waals surface area (Å²) in [7, 11) is 0. The number of aryl methyl sites for hydroxylation is 1. The van der Waals surface area contributed by atoms with E-state index < -0.39 is 0 Å². The maximum Gasteiger partial charge on any atom is 0.165 e. The van der Waals surface area contributed by atoms with Gasteiger partial charge in [-0.3, -0.25) is 10.1 Å². The molecule has 0 aliphatic rings. The van der Waals surface area contributed by atoms with Crippen LogP contribution in [-0.2, 0) is 6.54 Å². The number of halogens is 1. The fraction of sp³-hybridized carbons (Fsp3) is 0.231. The highest BCUT2D eigenvalue weighted by molar-refractivity contribution is 9.10. The number of ether oxygens (including phenoxy) is 1. The maximum atomic E-state index is 7.41. The van der Waals surface area contributed by atoms with Gasteiger partial charge in [-0.25, -0.2) is 0 Å². The molecule has 0 radical (unpaired) electrons. The van der Waals surface area contributed by atoms with Gasteiger partial charge in [-0.05, 0) is 40.5 Å². The number of amidine groups is 1. The van der Waals surface area contributed by atoms with E-state index in [1.54, 1.807) is 24.4 Å². The summed E-state index contributed by atoms with van der Waals surface area (Å²) < 4.78 is 8.27. The third kappa shape index (κ3) is 3.35. The zero-order valence-electron chi connectivity index (χ0n) is 10.6. The van der Waals surface area contributed by atoms with Crippen LogP contribution in [0.3, 0.4) is 0 Å². The van der Waals surface area contributed by atoms with E-state index in [0.717, 1.165) is 17.4 Å². The molecule has 6 heteroatoms. The quantitative estimate of drug-likeness (QED) is 0.655. The molecule has 3 N–H and O–H groups in total. The third-order valence-electron chi connectivity index (χ3n) is 2.53. The molecule has 1 aromatic carbocycles. The second kappa shape index (κ2) is 5.88. The van der Waals surface area contributed by atoms with E-state index >= 15 is 0 Å². The predicted octanol–water partition coefficient (Wildman–Crippen LogP) is 3.13. The zero-order chi connectivity index (χ0) is 13.8. The van der Waals surface area contributed by atoms with E-state index in [1.807, 2.05) is 10.9 Å². The summed E-state index contributed by atoms with van der Waals surface area (Å²) in [6, 6.07) is 5.31. The van der Waals surface area contributed by atoms with Crippen molar-refractivity contribution in [2.24, 2.45) is 5.73 Å². The second-order valence-electron chi connectivity index (χ2n) is 4.10.